The van der Waals surface area contributed by atoms with E-state index in [4.69, 9.17) is 9.47 Å². The number of benzene rings is 1. The summed E-state index contributed by atoms with van der Waals surface area (Å²) in [5.74, 6) is 1.27. The summed E-state index contributed by atoms with van der Waals surface area (Å²) in [5.41, 5.74) is 0.477. The number of Topliss-reactive ketones (excluding diaryl/α,β-unsaturated/α-hetero) is 1. The number of methoxy groups -OCH3 is 1. The molecule has 0 saturated heterocycles. The van der Waals surface area contributed by atoms with Crippen molar-refractivity contribution in [1.29, 1.82) is 0 Å². The average Bonchev–Trinajstić information content (AvgIpc) is 2.63. The Morgan fingerprint density at radius 3 is 2.38 bits per heavy atom. The van der Waals surface area contributed by atoms with E-state index in [0.717, 1.165) is 32.1 Å². The van der Waals surface area contributed by atoms with Gasteiger partial charge in [0.25, 0.3) is 0 Å². The van der Waals surface area contributed by atoms with E-state index in [1.54, 1.807) is 32.2 Å². The zero-order valence-corrected chi connectivity index (χ0v) is 17.4. The number of rotatable bonds is 6. The predicted octanol–water partition coefficient (Wildman–Crippen LogP) is 3.42. The molecule has 1 N–H and O–H groups in total. The van der Waals surface area contributed by atoms with Crippen LogP contribution in [0.1, 0.15) is 68.3 Å². The summed E-state index contributed by atoms with van der Waals surface area (Å²) in [6.07, 6.45) is 5.42. The third kappa shape index (κ3) is 3.65. The molecule has 4 fully saturated rings. The van der Waals surface area contributed by atoms with Crippen molar-refractivity contribution in [3.05, 3.63) is 29.3 Å². The number of carbonyl (C=O) groups is 3. The van der Waals surface area contributed by atoms with Crippen LogP contribution in [0.3, 0.4) is 0 Å². The second kappa shape index (κ2) is 7.15. The van der Waals surface area contributed by atoms with E-state index >= 15 is 0 Å². The number of nitrogens with one attached hydrogen (secondary N) is 1. The van der Waals surface area contributed by atoms with Crippen LogP contribution in [-0.2, 0) is 20.9 Å². The minimum Gasteiger partial charge on any atom is -0.496 e. The smallest absolute Gasteiger partial charge is 0.312 e. The van der Waals surface area contributed by atoms with Crippen LogP contribution in [0, 0.1) is 17.3 Å². The van der Waals surface area contributed by atoms with E-state index in [1.165, 1.54) is 6.92 Å². The molecule has 1 aromatic rings. The fourth-order valence-electron chi connectivity index (χ4n) is 6.43. The third-order valence-electron chi connectivity index (χ3n) is 6.98. The van der Waals surface area contributed by atoms with Crippen LogP contribution >= 0.6 is 0 Å². The molecule has 6 nitrogen and oxygen atoms in total. The summed E-state index contributed by atoms with van der Waals surface area (Å²) >= 11 is 0. The molecule has 4 aliphatic rings. The first-order chi connectivity index (χ1) is 13.7. The van der Waals surface area contributed by atoms with Gasteiger partial charge in [0.05, 0.1) is 12.5 Å². The van der Waals surface area contributed by atoms with Crippen LogP contribution in [0.4, 0.5) is 0 Å². The Kier molecular flexibility index (Phi) is 4.91. The normalized spacial score (nSPS) is 32.0. The number of hydrogen-bond acceptors (Lipinski definition) is 5. The van der Waals surface area contributed by atoms with E-state index in [2.05, 4.69) is 5.32 Å². The van der Waals surface area contributed by atoms with E-state index in [-0.39, 0.29) is 29.8 Å². The van der Waals surface area contributed by atoms with Gasteiger partial charge in [0.15, 0.2) is 5.78 Å². The monoisotopic (exact) mass is 399 g/mol. The van der Waals surface area contributed by atoms with Gasteiger partial charge in [-0.1, -0.05) is 0 Å². The molecule has 5 rings (SSSR count). The highest BCUT2D eigenvalue weighted by Crippen LogP contribution is 2.62. The summed E-state index contributed by atoms with van der Waals surface area (Å²) in [5, 5.41) is 3.17. The zero-order valence-electron chi connectivity index (χ0n) is 17.4. The first kappa shape index (κ1) is 19.9. The van der Waals surface area contributed by atoms with E-state index in [0.29, 0.717) is 35.1 Å². The molecule has 0 spiro atoms. The summed E-state index contributed by atoms with van der Waals surface area (Å²) in [4.78, 5) is 36.8. The van der Waals surface area contributed by atoms with Crippen molar-refractivity contribution < 1.29 is 23.9 Å². The lowest BCUT2D eigenvalue weighted by molar-refractivity contribution is -0.177. The first-order valence-electron chi connectivity index (χ1n) is 10.4. The first-order valence-corrected chi connectivity index (χ1v) is 10.4. The lowest BCUT2D eigenvalue weighted by atomic mass is 9.47. The molecule has 0 aliphatic heterocycles. The van der Waals surface area contributed by atoms with Gasteiger partial charge in [-0.3, -0.25) is 14.4 Å². The quantitative estimate of drug-likeness (QED) is 0.586. The molecule has 4 aliphatic carbocycles. The van der Waals surface area contributed by atoms with Crippen molar-refractivity contribution in [2.75, 3.05) is 7.11 Å². The Morgan fingerprint density at radius 1 is 1.10 bits per heavy atom. The maximum Gasteiger partial charge on any atom is 0.312 e. The van der Waals surface area contributed by atoms with Crippen LogP contribution < -0.4 is 10.1 Å². The fraction of sp³-hybridized carbons (Fsp3) is 0.609. The van der Waals surface area contributed by atoms with Crippen molar-refractivity contribution in [3.8, 4) is 5.75 Å². The highest BCUT2D eigenvalue weighted by Gasteiger charge is 2.61. The molecule has 0 heterocycles. The molecule has 29 heavy (non-hydrogen) atoms. The summed E-state index contributed by atoms with van der Waals surface area (Å²) in [7, 11) is 1.56. The summed E-state index contributed by atoms with van der Waals surface area (Å²) < 4.78 is 11.2. The zero-order chi connectivity index (χ0) is 20.8. The molecule has 0 aromatic heterocycles. The highest BCUT2D eigenvalue weighted by molar-refractivity contribution is 5.94. The molecule has 6 heteroatoms. The Labute approximate surface area is 171 Å². The Bertz CT molecular complexity index is 847. The van der Waals surface area contributed by atoms with Gasteiger partial charge in [-0.05, 0) is 75.5 Å². The standard InChI is InChI=1S/C23H29NO5/c1-14(25)18-4-5-20(28-3)19(7-18)12-29-21(27)22-8-16-6-17(9-22)11-23(10-16,13-22)24-15(2)26/h4-5,7,16-17H,6,8-13H2,1-3H3,(H,24,26). The van der Waals surface area contributed by atoms with Crippen LogP contribution in [0.5, 0.6) is 5.75 Å². The van der Waals surface area contributed by atoms with Gasteiger partial charge in [0.2, 0.25) is 5.91 Å². The molecular formula is C23H29NO5. The van der Waals surface area contributed by atoms with Crippen molar-refractivity contribution >= 4 is 17.7 Å². The average molecular weight is 399 g/mol. The second-order valence-electron chi connectivity index (χ2n) is 9.36. The maximum atomic E-state index is 13.3. The highest BCUT2D eigenvalue weighted by atomic mass is 16.5. The molecule has 2 atom stereocenters. The Hall–Kier alpha value is -2.37. The van der Waals surface area contributed by atoms with Gasteiger partial charge in [-0.15, -0.1) is 0 Å². The van der Waals surface area contributed by atoms with Gasteiger partial charge in [-0.2, -0.15) is 0 Å². The summed E-state index contributed by atoms with van der Waals surface area (Å²) in [6.45, 7) is 3.14. The lowest BCUT2D eigenvalue weighted by Crippen LogP contribution is -2.64. The van der Waals surface area contributed by atoms with E-state index in [9.17, 15) is 14.4 Å². The number of carbonyl (C=O) groups excluding carboxylic acids is 3. The topological polar surface area (TPSA) is 81.7 Å². The minimum absolute atomic E-state index is 0.0266. The van der Waals surface area contributed by atoms with Gasteiger partial charge in [-0.25, -0.2) is 0 Å². The van der Waals surface area contributed by atoms with Crippen LogP contribution in [0.25, 0.3) is 0 Å². The lowest BCUT2D eigenvalue weighted by Gasteiger charge is -2.60. The van der Waals surface area contributed by atoms with E-state index < -0.39 is 5.41 Å². The number of hydrogen-bond donors (Lipinski definition) is 1. The van der Waals surface area contributed by atoms with Gasteiger partial charge >= 0.3 is 5.97 Å². The number of ether oxygens (including phenoxy) is 2. The second-order valence-corrected chi connectivity index (χ2v) is 9.36. The molecule has 156 valence electrons. The molecule has 1 aromatic carbocycles. The van der Waals surface area contributed by atoms with Crippen LogP contribution in [-0.4, -0.2) is 30.3 Å². The van der Waals surface area contributed by atoms with Gasteiger partial charge in [0.1, 0.15) is 12.4 Å². The minimum atomic E-state index is -0.516. The van der Waals surface area contributed by atoms with Gasteiger partial charge < -0.3 is 14.8 Å². The maximum absolute atomic E-state index is 13.3. The van der Waals surface area contributed by atoms with Crippen molar-refractivity contribution in [2.24, 2.45) is 17.3 Å². The number of amides is 1. The van der Waals surface area contributed by atoms with Gasteiger partial charge in [0, 0.05) is 23.6 Å². The van der Waals surface area contributed by atoms with Crippen LogP contribution in [0.2, 0.25) is 0 Å². The SMILES string of the molecule is COc1ccc(C(C)=O)cc1COC(=O)C12CC3CC(CC(NC(C)=O)(C3)C1)C2. The molecule has 4 bridgehead atoms. The van der Waals surface area contributed by atoms with Crippen molar-refractivity contribution in [3.63, 3.8) is 0 Å². The van der Waals surface area contributed by atoms with E-state index in [1.807, 2.05) is 0 Å². The fourth-order valence-corrected chi connectivity index (χ4v) is 6.43. The molecule has 0 radical (unpaired) electrons. The number of ketones is 1. The molecular weight excluding hydrogens is 370 g/mol. The third-order valence-corrected chi connectivity index (χ3v) is 6.98. The molecule has 4 saturated carbocycles. The molecule has 1 amide bonds. The largest absolute Gasteiger partial charge is 0.496 e. The summed E-state index contributed by atoms with van der Waals surface area (Å²) in [6, 6.07) is 5.17. The molecule has 2 unspecified atom stereocenters. The number of esters is 1. The Balaban J connectivity index is 1.52. The Morgan fingerprint density at radius 2 is 1.79 bits per heavy atom. The van der Waals surface area contributed by atoms with Crippen molar-refractivity contribution in [1.82, 2.24) is 5.32 Å². The van der Waals surface area contributed by atoms with Crippen molar-refractivity contribution in [2.45, 2.75) is 64.5 Å². The predicted molar refractivity (Wildman–Crippen MR) is 106 cm³/mol. The van der Waals surface area contributed by atoms with Crippen LogP contribution in [0.15, 0.2) is 18.2 Å².